The Morgan fingerprint density at radius 3 is 2.50 bits per heavy atom. The molecular formula is C12H14N2O3S. The molecular weight excluding hydrogens is 252 g/mol. The van der Waals surface area contributed by atoms with Gasteiger partial charge in [-0.1, -0.05) is 17.7 Å². The fraction of sp³-hybridized carbons (Fsp3) is 0.333. The largest absolute Gasteiger partial charge is 0.325 e. The Balaban J connectivity index is 2.57. The van der Waals surface area contributed by atoms with Gasteiger partial charge in [0.2, 0.25) is 5.91 Å². The van der Waals surface area contributed by atoms with Crippen LogP contribution in [-0.2, 0) is 14.6 Å². The van der Waals surface area contributed by atoms with Crippen molar-refractivity contribution in [3.8, 4) is 6.07 Å². The molecule has 0 fully saturated rings. The lowest BCUT2D eigenvalue weighted by Crippen LogP contribution is -2.24. The molecule has 0 aliphatic carbocycles. The Morgan fingerprint density at radius 1 is 1.33 bits per heavy atom. The summed E-state index contributed by atoms with van der Waals surface area (Å²) in [6, 6.07) is 8.79. The Hall–Kier alpha value is -1.87. The van der Waals surface area contributed by atoms with Gasteiger partial charge in [-0.3, -0.25) is 4.79 Å². The molecule has 0 aromatic heterocycles. The molecule has 0 heterocycles. The quantitative estimate of drug-likeness (QED) is 0.869. The van der Waals surface area contributed by atoms with Gasteiger partial charge in [0.25, 0.3) is 0 Å². The Kier molecular flexibility index (Phi) is 4.86. The highest BCUT2D eigenvalue weighted by atomic mass is 32.2. The molecule has 1 N–H and O–H groups in total. The van der Waals surface area contributed by atoms with E-state index in [9.17, 15) is 13.2 Å². The third kappa shape index (κ3) is 4.97. The van der Waals surface area contributed by atoms with Crippen LogP contribution in [-0.4, -0.2) is 25.8 Å². The summed E-state index contributed by atoms with van der Waals surface area (Å²) in [6.07, 6.45) is -0.0971. The van der Waals surface area contributed by atoms with Gasteiger partial charge in [0, 0.05) is 12.1 Å². The topological polar surface area (TPSA) is 87.0 Å². The first-order valence-corrected chi connectivity index (χ1v) is 7.19. The van der Waals surface area contributed by atoms with Crippen molar-refractivity contribution < 1.29 is 13.2 Å². The Labute approximate surface area is 106 Å². The van der Waals surface area contributed by atoms with Crippen molar-refractivity contribution in [2.24, 2.45) is 0 Å². The molecule has 1 aromatic carbocycles. The lowest BCUT2D eigenvalue weighted by Gasteiger charge is -2.05. The van der Waals surface area contributed by atoms with Crippen molar-refractivity contribution in [3.63, 3.8) is 0 Å². The maximum Gasteiger partial charge on any atom is 0.239 e. The predicted molar refractivity (Wildman–Crippen MR) is 68.7 cm³/mol. The van der Waals surface area contributed by atoms with E-state index in [0.717, 1.165) is 5.56 Å². The van der Waals surface area contributed by atoms with E-state index in [1.165, 1.54) is 0 Å². The Bertz CT molecular complexity index is 556. The number of hydrogen-bond acceptors (Lipinski definition) is 4. The van der Waals surface area contributed by atoms with Crippen LogP contribution in [0.15, 0.2) is 24.3 Å². The van der Waals surface area contributed by atoms with Crippen molar-refractivity contribution in [1.29, 1.82) is 5.26 Å². The predicted octanol–water partition coefficient (Wildman–Crippen LogP) is 1.26. The molecule has 6 heteroatoms. The summed E-state index contributed by atoms with van der Waals surface area (Å²) < 4.78 is 22.9. The normalized spacial score (nSPS) is 10.7. The second-order valence-electron chi connectivity index (χ2n) is 3.91. The summed E-state index contributed by atoms with van der Waals surface area (Å²) in [5, 5.41) is 10.8. The lowest BCUT2D eigenvalue weighted by molar-refractivity contribution is -0.113. The highest BCUT2D eigenvalue weighted by Crippen LogP contribution is 2.08. The minimum atomic E-state index is -3.51. The SMILES string of the molecule is Cc1ccc(NC(=O)CS(=O)(=O)CCC#N)cc1. The number of carbonyl (C=O) groups excluding carboxylic acids is 1. The molecule has 0 saturated heterocycles. The van der Waals surface area contributed by atoms with Gasteiger partial charge in [0.05, 0.1) is 11.8 Å². The first kappa shape index (κ1) is 14.2. The number of nitrogens with one attached hydrogen (secondary N) is 1. The summed E-state index contributed by atoms with van der Waals surface area (Å²) in [5.74, 6) is -1.47. The lowest BCUT2D eigenvalue weighted by atomic mass is 10.2. The number of sulfone groups is 1. The molecule has 1 aromatic rings. The van der Waals surface area contributed by atoms with Gasteiger partial charge in [-0.2, -0.15) is 5.26 Å². The van der Waals surface area contributed by atoms with Gasteiger partial charge in [-0.15, -0.1) is 0 Å². The van der Waals surface area contributed by atoms with Crippen LogP contribution in [0.25, 0.3) is 0 Å². The van der Waals surface area contributed by atoms with E-state index >= 15 is 0 Å². The van der Waals surface area contributed by atoms with Crippen molar-refractivity contribution in [2.75, 3.05) is 16.8 Å². The first-order chi connectivity index (χ1) is 8.43. The maximum atomic E-state index is 11.5. The van der Waals surface area contributed by atoms with E-state index in [2.05, 4.69) is 5.32 Å². The smallest absolute Gasteiger partial charge is 0.239 e. The number of amides is 1. The first-order valence-electron chi connectivity index (χ1n) is 5.37. The van der Waals surface area contributed by atoms with Crippen LogP contribution < -0.4 is 5.32 Å². The summed E-state index contributed by atoms with van der Waals surface area (Å²) >= 11 is 0. The second-order valence-corrected chi connectivity index (χ2v) is 6.10. The highest BCUT2D eigenvalue weighted by molar-refractivity contribution is 7.92. The monoisotopic (exact) mass is 266 g/mol. The fourth-order valence-corrected chi connectivity index (χ4v) is 2.33. The van der Waals surface area contributed by atoms with Crippen molar-refractivity contribution in [3.05, 3.63) is 29.8 Å². The van der Waals surface area contributed by atoms with E-state index in [0.29, 0.717) is 5.69 Å². The van der Waals surface area contributed by atoms with Crippen LogP contribution in [0.1, 0.15) is 12.0 Å². The van der Waals surface area contributed by atoms with E-state index in [1.54, 1.807) is 18.2 Å². The molecule has 1 rings (SSSR count). The van der Waals surface area contributed by atoms with Crippen LogP contribution in [0.4, 0.5) is 5.69 Å². The van der Waals surface area contributed by atoms with Crippen molar-refractivity contribution >= 4 is 21.4 Å². The molecule has 0 aliphatic rings. The third-order valence-corrected chi connectivity index (χ3v) is 3.74. The number of aryl methyl sites for hydroxylation is 1. The van der Waals surface area contributed by atoms with Crippen LogP contribution >= 0.6 is 0 Å². The summed E-state index contributed by atoms with van der Waals surface area (Å²) in [6.45, 7) is 1.91. The maximum absolute atomic E-state index is 11.5. The highest BCUT2D eigenvalue weighted by Gasteiger charge is 2.16. The van der Waals surface area contributed by atoms with Gasteiger partial charge in [0.1, 0.15) is 5.75 Å². The van der Waals surface area contributed by atoms with Crippen LogP contribution in [0.2, 0.25) is 0 Å². The number of nitriles is 1. The molecule has 0 atom stereocenters. The molecule has 0 unspecified atom stereocenters. The molecule has 5 nitrogen and oxygen atoms in total. The molecule has 0 bridgehead atoms. The van der Waals surface area contributed by atoms with Gasteiger partial charge in [-0.05, 0) is 19.1 Å². The van der Waals surface area contributed by atoms with Gasteiger partial charge < -0.3 is 5.32 Å². The zero-order chi connectivity index (χ0) is 13.6. The van der Waals surface area contributed by atoms with E-state index in [-0.39, 0.29) is 12.2 Å². The molecule has 18 heavy (non-hydrogen) atoms. The number of nitrogens with zero attached hydrogens (tertiary/aromatic N) is 1. The standard InChI is InChI=1S/C12H14N2O3S/c1-10-3-5-11(6-4-10)14-12(15)9-18(16,17)8-2-7-13/h3-6H,2,8-9H2,1H3,(H,14,15). The third-order valence-electron chi connectivity index (χ3n) is 2.21. The van der Waals surface area contributed by atoms with Crippen LogP contribution in [0.5, 0.6) is 0 Å². The second kappa shape index (κ2) is 6.17. The minimum Gasteiger partial charge on any atom is -0.325 e. The molecule has 0 aliphatic heterocycles. The number of rotatable bonds is 5. The number of benzene rings is 1. The van der Waals surface area contributed by atoms with E-state index in [1.807, 2.05) is 19.1 Å². The zero-order valence-electron chi connectivity index (χ0n) is 10.0. The molecule has 96 valence electrons. The molecule has 0 saturated carbocycles. The molecule has 0 radical (unpaired) electrons. The zero-order valence-corrected chi connectivity index (χ0v) is 10.8. The van der Waals surface area contributed by atoms with Gasteiger partial charge in [0.15, 0.2) is 9.84 Å². The van der Waals surface area contributed by atoms with Gasteiger partial charge >= 0.3 is 0 Å². The minimum absolute atomic E-state index is 0.0971. The van der Waals surface area contributed by atoms with Gasteiger partial charge in [-0.25, -0.2) is 8.42 Å². The van der Waals surface area contributed by atoms with Crippen LogP contribution in [0, 0.1) is 18.3 Å². The number of anilines is 1. The Morgan fingerprint density at radius 2 is 1.94 bits per heavy atom. The number of hydrogen-bond donors (Lipinski definition) is 1. The average Bonchev–Trinajstić information content (AvgIpc) is 2.29. The average molecular weight is 266 g/mol. The number of carbonyl (C=O) groups is 1. The fourth-order valence-electron chi connectivity index (χ4n) is 1.31. The van der Waals surface area contributed by atoms with E-state index < -0.39 is 21.5 Å². The van der Waals surface area contributed by atoms with Crippen molar-refractivity contribution in [2.45, 2.75) is 13.3 Å². The van der Waals surface area contributed by atoms with E-state index in [4.69, 9.17) is 5.26 Å². The van der Waals surface area contributed by atoms with Crippen molar-refractivity contribution in [1.82, 2.24) is 0 Å². The molecule has 0 spiro atoms. The summed E-state index contributed by atoms with van der Waals surface area (Å²) in [7, 11) is -3.51. The summed E-state index contributed by atoms with van der Waals surface area (Å²) in [5.41, 5.74) is 1.61. The summed E-state index contributed by atoms with van der Waals surface area (Å²) in [4.78, 5) is 11.5. The molecule has 1 amide bonds. The van der Waals surface area contributed by atoms with Crippen LogP contribution in [0.3, 0.4) is 0 Å².